The Labute approximate surface area is 222 Å². The highest BCUT2D eigenvalue weighted by Gasteiger charge is 2.30. The molecule has 0 fully saturated rings. The fourth-order valence-corrected chi connectivity index (χ4v) is 4.50. The van der Waals surface area contributed by atoms with Crippen LogP contribution >= 0.6 is 0 Å². The van der Waals surface area contributed by atoms with Gasteiger partial charge in [-0.15, -0.1) is 4.40 Å². The molecule has 2 heterocycles. The molecule has 202 valence electrons. The van der Waals surface area contributed by atoms with E-state index >= 15 is 0 Å². The number of rotatable bonds is 8. The van der Waals surface area contributed by atoms with E-state index in [0.29, 0.717) is 23.0 Å². The van der Waals surface area contributed by atoms with Crippen LogP contribution in [0.25, 0.3) is 0 Å². The molecule has 38 heavy (non-hydrogen) atoms. The first-order valence-electron chi connectivity index (χ1n) is 11.6. The number of aryl methyl sites for hydroxylation is 2. The summed E-state index contributed by atoms with van der Waals surface area (Å²) < 4.78 is 41.5. The minimum absolute atomic E-state index is 0.271. The van der Waals surface area contributed by atoms with Gasteiger partial charge in [0.2, 0.25) is 5.96 Å². The molecule has 12 nitrogen and oxygen atoms in total. The molecule has 3 N–H and O–H groups in total. The number of hydrogen-bond donors (Lipinski definition) is 3. The minimum Gasteiger partial charge on any atom is -0.494 e. The van der Waals surface area contributed by atoms with Crippen molar-refractivity contribution >= 4 is 27.6 Å². The van der Waals surface area contributed by atoms with E-state index in [1.807, 2.05) is 6.92 Å². The summed E-state index contributed by atoms with van der Waals surface area (Å²) in [6.45, 7) is 6.87. The first kappa shape index (κ1) is 28.3. The number of carbonyl (C=O) groups is 1. The van der Waals surface area contributed by atoms with E-state index in [1.54, 1.807) is 56.7 Å². The Bertz CT molecular complexity index is 1390. The summed E-state index contributed by atoms with van der Waals surface area (Å²) >= 11 is 0. The van der Waals surface area contributed by atoms with Gasteiger partial charge < -0.3 is 14.8 Å². The summed E-state index contributed by atoms with van der Waals surface area (Å²) in [5.74, 6) is -0.310. The van der Waals surface area contributed by atoms with Gasteiger partial charge in [-0.25, -0.2) is 18.4 Å². The number of hydrazine groups is 1. The predicted molar refractivity (Wildman–Crippen MR) is 144 cm³/mol. The first-order chi connectivity index (χ1) is 18.1. The molecular weight excluding hydrogens is 510 g/mol. The number of anilines is 1. The van der Waals surface area contributed by atoms with Crippen molar-refractivity contribution < 1.29 is 22.7 Å². The molecule has 2 atom stereocenters. The number of ether oxygens (including phenoxy) is 2. The second-order valence-electron chi connectivity index (χ2n) is 8.56. The van der Waals surface area contributed by atoms with Gasteiger partial charge in [-0.2, -0.15) is 0 Å². The summed E-state index contributed by atoms with van der Waals surface area (Å²) in [5.41, 5.74) is 7.24. The van der Waals surface area contributed by atoms with Crippen LogP contribution in [0.2, 0.25) is 0 Å². The monoisotopic (exact) mass is 541 g/mol. The third-order valence-corrected chi connectivity index (χ3v) is 7.49. The molecule has 3 rings (SSSR count). The zero-order valence-corrected chi connectivity index (χ0v) is 22.8. The van der Waals surface area contributed by atoms with E-state index in [1.165, 1.54) is 27.3 Å². The molecule has 1 amide bonds. The van der Waals surface area contributed by atoms with Crippen LogP contribution in [0.1, 0.15) is 47.1 Å². The lowest BCUT2D eigenvalue weighted by Crippen LogP contribution is -2.45. The lowest BCUT2D eigenvalue weighted by Gasteiger charge is -2.20. The average Bonchev–Trinajstić information content (AvgIpc) is 2.91. The van der Waals surface area contributed by atoms with E-state index < -0.39 is 27.1 Å². The summed E-state index contributed by atoms with van der Waals surface area (Å²) in [5, 5.41) is 1.88. The number of carbonyl (C=O) groups excluding carboxylic acids is 1. The SMILES string of the molecule is COc1cccc(OC)c1NC(=NS(=O)(=O)[C@@H](C)[C@@H](C)c1ncc(C)cn1)NNC(=O)c1cncc(C)c1. The highest BCUT2D eigenvalue weighted by molar-refractivity contribution is 7.90. The van der Waals surface area contributed by atoms with Crippen LogP contribution in [-0.2, 0) is 10.0 Å². The molecule has 0 saturated heterocycles. The number of nitrogens with one attached hydrogen (secondary N) is 3. The third-order valence-electron chi connectivity index (χ3n) is 5.70. The standard InChI is InChI=1S/C25H31N7O5S/c1-15-10-19(14-26-11-15)24(33)30-31-25(29-22-20(36-5)8-7-9-21(22)37-6)32-38(34,35)18(4)17(3)23-27-12-16(2)13-28-23/h7-14,17-18H,1-6H3,(H,30,33)(H2,29,31,32)/t17-,18+/m1/s1. The maximum absolute atomic E-state index is 13.4. The number of para-hydroxylation sites is 1. The van der Waals surface area contributed by atoms with Crippen LogP contribution in [-0.4, -0.2) is 54.7 Å². The average molecular weight is 542 g/mol. The Morgan fingerprint density at radius 1 is 0.947 bits per heavy atom. The second kappa shape index (κ2) is 12.3. The Morgan fingerprint density at radius 3 is 2.16 bits per heavy atom. The highest BCUT2D eigenvalue weighted by Crippen LogP contribution is 2.34. The minimum atomic E-state index is -4.16. The van der Waals surface area contributed by atoms with Crippen molar-refractivity contribution in [3.8, 4) is 11.5 Å². The molecule has 1 aromatic carbocycles. The van der Waals surface area contributed by atoms with E-state index in [0.717, 1.165) is 11.1 Å². The van der Waals surface area contributed by atoms with E-state index in [-0.39, 0.29) is 11.5 Å². The van der Waals surface area contributed by atoms with E-state index in [2.05, 4.69) is 35.5 Å². The molecule has 3 aromatic rings. The first-order valence-corrected chi connectivity index (χ1v) is 13.1. The number of methoxy groups -OCH3 is 2. The van der Waals surface area contributed by atoms with Crippen molar-refractivity contribution in [3.63, 3.8) is 0 Å². The molecule has 0 radical (unpaired) electrons. The van der Waals surface area contributed by atoms with Gasteiger partial charge in [-0.05, 0) is 50.1 Å². The zero-order valence-electron chi connectivity index (χ0n) is 22.0. The molecule has 0 aliphatic heterocycles. The predicted octanol–water partition coefficient (Wildman–Crippen LogP) is 2.73. The molecule has 0 saturated carbocycles. The number of aromatic nitrogens is 3. The van der Waals surface area contributed by atoms with Crippen LogP contribution < -0.4 is 25.6 Å². The number of pyridine rings is 1. The molecule has 2 aromatic heterocycles. The van der Waals surface area contributed by atoms with E-state index in [4.69, 9.17) is 9.47 Å². The van der Waals surface area contributed by atoms with Crippen LogP contribution in [0.3, 0.4) is 0 Å². The summed E-state index contributed by atoms with van der Waals surface area (Å²) in [4.78, 5) is 25.2. The number of nitrogens with zero attached hydrogens (tertiary/aromatic N) is 4. The molecular formula is C25H31N7O5S. The smallest absolute Gasteiger partial charge is 0.271 e. The number of amides is 1. The maximum atomic E-state index is 13.4. The quantitative estimate of drug-likeness (QED) is 0.220. The van der Waals surface area contributed by atoms with Gasteiger partial charge in [0.15, 0.2) is 0 Å². The molecule has 13 heteroatoms. The third kappa shape index (κ3) is 6.94. The lowest BCUT2D eigenvalue weighted by atomic mass is 10.1. The Hall–Kier alpha value is -4.26. The van der Waals surface area contributed by atoms with Crippen molar-refractivity contribution in [1.82, 2.24) is 25.8 Å². The van der Waals surface area contributed by atoms with E-state index in [9.17, 15) is 13.2 Å². The normalized spacial score (nSPS) is 13.3. The molecule has 0 aliphatic rings. The fourth-order valence-electron chi connectivity index (χ4n) is 3.35. The van der Waals surface area contributed by atoms with Crippen molar-refractivity contribution in [3.05, 3.63) is 71.6 Å². The van der Waals surface area contributed by atoms with Gasteiger partial charge in [0, 0.05) is 30.7 Å². The van der Waals surface area contributed by atoms with Crippen LogP contribution in [0.5, 0.6) is 11.5 Å². The summed E-state index contributed by atoms with van der Waals surface area (Å²) in [6, 6.07) is 6.67. The summed E-state index contributed by atoms with van der Waals surface area (Å²) in [7, 11) is -1.24. The number of sulfonamides is 1. The Kier molecular flexibility index (Phi) is 9.18. The number of guanidine groups is 1. The lowest BCUT2D eigenvalue weighted by molar-refractivity contribution is 0.0943. The molecule has 0 aliphatic carbocycles. The van der Waals surface area contributed by atoms with Gasteiger partial charge in [0.05, 0.1) is 25.0 Å². The Balaban J connectivity index is 1.95. The fraction of sp³-hybridized carbons (Fsp3) is 0.320. The second-order valence-corrected chi connectivity index (χ2v) is 10.5. The van der Waals surface area contributed by atoms with Gasteiger partial charge in [0.25, 0.3) is 15.9 Å². The van der Waals surface area contributed by atoms with Crippen molar-refractivity contribution in [2.45, 2.75) is 38.9 Å². The van der Waals surface area contributed by atoms with Gasteiger partial charge in [0.1, 0.15) is 23.0 Å². The summed E-state index contributed by atoms with van der Waals surface area (Å²) in [6.07, 6.45) is 6.25. The number of hydrogen-bond acceptors (Lipinski definition) is 8. The largest absolute Gasteiger partial charge is 0.494 e. The van der Waals surface area contributed by atoms with Gasteiger partial charge in [-0.1, -0.05) is 13.0 Å². The van der Waals surface area contributed by atoms with Crippen LogP contribution in [0.4, 0.5) is 5.69 Å². The van der Waals surface area contributed by atoms with Gasteiger partial charge >= 0.3 is 0 Å². The zero-order chi connectivity index (χ0) is 27.9. The van der Waals surface area contributed by atoms with Crippen molar-refractivity contribution in [2.24, 2.45) is 4.40 Å². The van der Waals surface area contributed by atoms with Crippen LogP contribution in [0.15, 0.2) is 53.5 Å². The molecule has 0 unspecified atom stereocenters. The topological polar surface area (TPSA) is 157 Å². The van der Waals surface area contributed by atoms with Crippen molar-refractivity contribution in [1.29, 1.82) is 0 Å². The Morgan fingerprint density at radius 2 is 1.58 bits per heavy atom. The van der Waals surface area contributed by atoms with Crippen molar-refractivity contribution in [2.75, 3.05) is 19.5 Å². The maximum Gasteiger partial charge on any atom is 0.271 e. The molecule has 0 bridgehead atoms. The number of benzene rings is 1. The van der Waals surface area contributed by atoms with Gasteiger partial charge in [-0.3, -0.25) is 20.6 Å². The molecule has 0 spiro atoms. The van der Waals surface area contributed by atoms with Crippen LogP contribution in [0, 0.1) is 13.8 Å². The highest BCUT2D eigenvalue weighted by atomic mass is 32.2.